The first-order chi connectivity index (χ1) is 16.1. The molecule has 33 heavy (non-hydrogen) atoms. The Bertz CT molecular complexity index is 1150. The second-order valence-corrected chi connectivity index (χ2v) is 10.2. The zero-order valence-corrected chi connectivity index (χ0v) is 19.9. The van der Waals surface area contributed by atoms with Crippen LogP contribution in [0.25, 0.3) is 0 Å². The molecule has 2 amide bonds. The Morgan fingerprint density at radius 2 is 1.82 bits per heavy atom. The fraction of sp³-hybridized carbons (Fsp3) is 0.357. The van der Waals surface area contributed by atoms with Gasteiger partial charge >= 0.3 is 0 Å². The van der Waals surface area contributed by atoms with E-state index in [9.17, 15) is 9.59 Å². The van der Waals surface area contributed by atoms with Crippen molar-refractivity contribution in [3.63, 3.8) is 0 Å². The standard InChI is InChI=1S/C28H30N2O2S/c1-20-6-8-21(9-7-20)18-30(25-11-10-22-4-2-3-5-24(22)25)28(32)13-12-27(31)29-16-14-26-23(19-29)15-17-33-26/h2-9,15,17,25H,10-14,16,18-19H2,1H3. The van der Waals surface area contributed by atoms with Crippen LogP contribution in [-0.2, 0) is 35.5 Å². The molecule has 0 radical (unpaired) electrons. The van der Waals surface area contributed by atoms with Crippen LogP contribution in [0.5, 0.6) is 0 Å². The van der Waals surface area contributed by atoms with Crippen LogP contribution in [0.3, 0.4) is 0 Å². The monoisotopic (exact) mass is 458 g/mol. The molecule has 1 atom stereocenters. The average molecular weight is 459 g/mol. The van der Waals surface area contributed by atoms with Crippen LogP contribution < -0.4 is 0 Å². The fourth-order valence-electron chi connectivity index (χ4n) is 5.10. The number of amides is 2. The molecule has 0 bridgehead atoms. The summed E-state index contributed by atoms with van der Waals surface area (Å²) in [4.78, 5) is 31.8. The highest BCUT2D eigenvalue weighted by molar-refractivity contribution is 7.10. The Morgan fingerprint density at radius 1 is 1.00 bits per heavy atom. The molecule has 4 nitrogen and oxygen atoms in total. The number of nitrogens with zero attached hydrogens (tertiary/aromatic N) is 2. The van der Waals surface area contributed by atoms with Gasteiger partial charge in [0.1, 0.15) is 0 Å². The third-order valence-corrected chi connectivity index (χ3v) is 8.01. The number of fused-ring (bicyclic) bond motifs is 2. The Balaban J connectivity index is 1.29. The highest BCUT2D eigenvalue weighted by Crippen LogP contribution is 2.37. The van der Waals surface area contributed by atoms with E-state index in [1.54, 1.807) is 11.3 Å². The summed E-state index contributed by atoms with van der Waals surface area (Å²) in [6.45, 7) is 4.08. The lowest BCUT2D eigenvalue weighted by Gasteiger charge is -2.31. The minimum Gasteiger partial charge on any atom is -0.338 e. The summed E-state index contributed by atoms with van der Waals surface area (Å²) in [7, 11) is 0. The van der Waals surface area contributed by atoms with Gasteiger partial charge in [-0.25, -0.2) is 0 Å². The van der Waals surface area contributed by atoms with Crippen LogP contribution in [0.4, 0.5) is 0 Å². The maximum absolute atomic E-state index is 13.5. The van der Waals surface area contributed by atoms with Crippen molar-refractivity contribution in [2.45, 2.75) is 58.2 Å². The molecule has 0 saturated carbocycles. The van der Waals surface area contributed by atoms with Gasteiger partial charge in [-0.05, 0) is 59.9 Å². The molecule has 5 rings (SSSR count). The summed E-state index contributed by atoms with van der Waals surface area (Å²) in [6, 6.07) is 19.1. The minimum atomic E-state index is 0.0684. The summed E-state index contributed by atoms with van der Waals surface area (Å²) in [5.41, 5.74) is 6.19. The van der Waals surface area contributed by atoms with E-state index in [2.05, 4.69) is 66.9 Å². The van der Waals surface area contributed by atoms with E-state index in [4.69, 9.17) is 0 Å². The van der Waals surface area contributed by atoms with Gasteiger partial charge in [0.15, 0.2) is 0 Å². The van der Waals surface area contributed by atoms with Crippen molar-refractivity contribution in [1.29, 1.82) is 0 Å². The number of aryl methyl sites for hydroxylation is 2. The van der Waals surface area contributed by atoms with Gasteiger partial charge in [-0.3, -0.25) is 9.59 Å². The maximum atomic E-state index is 13.5. The molecule has 1 aliphatic carbocycles. The van der Waals surface area contributed by atoms with E-state index in [1.807, 2.05) is 9.80 Å². The number of carbonyl (C=O) groups excluding carboxylic acids is 2. The number of benzene rings is 2. The second-order valence-electron chi connectivity index (χ2n) is 9.19. The second kappa shape index (κ2) is 9.52. The third-order valence-electron chi connectivity index (χ3n) is 6.98. The smallest absolute Gasteiger partial charge is 0.223 e. The molecular formula is C28H30N2O2S. The Hall–Kier alpha value is -2.92. The molecule has 0 fully saturated rings. The van der Waals surface area contributed by atoms with Crippen molar-refractivity contribution in [1.82, 2.24) is 9.80 Å². The molecule has 5 heteroatoms. The molecular weight excluding hydrogens is 428 g/mol. The molecule has 1 aromatic heterocycles. The van der Waals surface area contributed by atoms with E-state index in [-0.39, 0.29) is 30.7 Å². The quantitative estimate of drug-likeness (QED) is 0.494. The molecule has 170 valence electrons. The highest BCUT2D eigenvalue weighted by Gasteiger charge is 2.31. The number of hydrogen-bond acceptors (Lipinski definition) is 3. The Labute approximate surface area is 199 Å². The van der Waals surface area contributed by atoms with Crippen LogP contribution in [0.15, 0.2) is 60.0 Å². The van der Waals surface area contributed by atoms with Crippen molar-refractivity contribution in [2.24, 2.45) is 0 Å². The number of hydrogen-bond donors (Lipinski definition) is 0. The first-order valence-electron chi connectivity index (χ1n) is 11.8. The van der Waals surface area contributed by atoms with Gasteiger partial charge in [0.2, 0.25) is 11.8 Å². The van der Waals surface area contributed by atoms with Crippen molar-refractivity contribution in [2.75, 3.05) is 6.54 Å². The van der Waals surface area contributed by atoms with Crippen molar-refractivity contribution >= 4 is 23.2 Å². The lowest BCUT2D eigenvalue weighted by molar-refractivity contribution is -0.139. The van der Waals surface area contributed by atoms with Gasteiger partial charge in [0, 0.05) is 37.4 Å². The zero-order chi connectivity index (χ0) is 22.8. The normalized spacial score (nSPS) is 16.9. The lowest BCUT2D eigenvalue weighted by atomic mass is 10.0. The molecule has 3 aromatic rings. The van der Waals surface area contributed by atoms with Crippen LogP contribution in [0.2, 0.25) is 0 Å². The van der Waals surface area contributed by atoms with Crippen molar-refractivity contribution < 1.29 is 9.59 Å². The molecule has 0 N–H and O–H groups in total. The van der Waals surface area contributed by atoms with Gasteiger partial charge < -0.3 is 9.80 Å². The summed E-state index contributed by atoms with van der Waals surface area (Å²) in [5.74, 6) is 0.154. The first kappa shape index (κ1) is 21.9. The fourth-order valence-corrected chi connectivity index (χ4v) is 5.99. The summed E-state index contributed by atoms with van der Waals surface area (Å²) < 4.78 is 0. The molecule has 2 aromatic carbocycles. The summed E-state index contributed by atoms with van der Waals surface area (Å²) in [5, 5.41) is 2.10. The van der Waals surface area contributed by atoms with Crippen LogP contribution in [0.1, 0.15) is 58.0 Å². The van der Waals surface area contributed by atoms with Gasteiger partial charge in [-0.15, -0.1) is 11.3 Å². The largest absolute Gasteiger partial charge is 0.338 e. The third kappa shape index (κ3) is 4.74. The number of thiophene rings is 1. The molecule has 1 aliphatic heterocycles. The molecule has 0 spiro atoms. The van der Waals surface area contributed by atoms with Crippen LogP contribution in [0, 0.1) is 6.92 Å². The van der Waals surface area contributed by atoms with E-state index >= 15 is 0 Å². The van der Waals surface area contributed by atoms with Crippen molar-refractivity contribution in [3.8, 4) is 0 Å². The Morgan fingerprint density at radius 3 is 2.67 bits per heavy atom. The minimum absolute atomic E-state index is 0.0684. The number of carbonyl (C=O) groups is 2. The number of rotatable bonds is 6. The van der Waals surface area contributed by atoms with Crippen molar-refractivity contribution in [3.05, 3.63) is 92.7 Å². The molecule has 2 heterocycles. The summed E-state index contributed by atoms with van der Waals surface area (Å²) in [6.07, 6.45) is 3.39. The van der Waals surface area contributed by atoms with Gasteiger partial charge in [-0.1, -0.05) is 54.1 Å². The summed E-state index contributed by atoms with van der Waals surface area (Å²) >= 11 is 1.77. The van der Waals surface area contributed by atoms with Crippen LogP contribution in [-0.4, -0.2) is 28.2 Å². The predicted molar refractivity (Wildman–Crippen MR) is 132 cm³/mol. The lowest BCUT2D eigenvalue weighted by Crippen LogP contribution is -2.37. The molecule has 1 unspecified atom stereocenters. The van der Waals surface area contributed by atoms with Gasteiger partial charge in [0.05, 0.1) is 6.04 Å². The van der Waals surface area contributed by atoms with E-state index in [1.165, 1.54) is 27.1 Å². The molecule has 2 aliphatic rings. The first-order valence-corrected chi connectivity index (χ1v) is 12.7. The Kier molecular flexibility index (Phi) is 6.32. The SMILES string of the molecule is Cc1ccc(CN(C(=O)CCC(=O)N2CCc3sccc3C2)C2CCc3ccccc32)cc1. The maximum Gasteiger partial charge on any atom is 0.223 e. The van der Waals surface area contributed by atoms with E-state index in [0.717, 1.165) is 31.4 Å². The topological polar surface area (TPSA) is 40.6 Å². The van der Waals surface area contributed by atoms with Gasteiger partial charge in [-0.2, -0.15) is 0 Å². The van der Waals surface area contributed by atoms with Gasteiger partial charge in [0.25, 0.3) is 0 Å². The van der Waals surface area contributed by atoms with E-state index in [0.29, 0.717) is 13.1 Å². The average Bonchev–Trinajstić information content (AvgIpc) is 3.48. The van der Waals surface area contributed by atoms with Crippen LogP contribution >= 0.6 is 11.3 Å². The zero-order valence-electron chi connectivity index (χ0n) is 19.1. The van der Waals surface area contributed by atoms with E-state index < -0.39 is 0 Å². The highest BCUT2D eigenvalue weighted by atomic mass is 32.1. The molecule has 0 saturated heterocycles. The predicted octanol–water partition coefficient (Wildman–Crippen LogP) is 5.44.